The number of benzene rings is 2. The Morgan fingerprint density at radius 2 is 2.00 bits per heavy atom. The summed E-state index contributed by atoms with van der Waals surface area (Å²) in [5.41, 5.74) is 8.57. The lowest BCUT2D eigenvalue weighted by molar-refractivity contribution is -0.146. The van der Waals surface area contributed by atoms with E-state index in [1.165, 1.54) is 12.3 Å². The Bertz CT molecular complexity index is 1100. The number of nitrogens with two attached hydrogens (primary N) is 1. The third-order valence-electron chi connectivity index (χ3n) is 4.58. The molecule has 2 aromatic carbocycles. The van der Waals surface area contributed by atoms with E-state index in [2.05, 4.69) is 10.3 Å². The molecule has 0 aliphatic heterocycles. The number of ether oxygens (including phenoxy) is 2. The average Bonchev–Trinajstić information content (AvgIpc) is 2.82. The molecule has 166 valence electrons. The highest BCUT2D eigenvalue weighted by atomic mass is 19.1. The Balaban J connectivity index is 1.82. The van der Waals surface area contributed by atoms with E-state index in [0.717, 1.165) is 29.3 Å². The number of halogens is 1. The number of esters is 1. The highest BCUT2D eigenvalue weighted by molar-refractivity contribution is 6.05. The lowest BCUT2D eigenvalue weighted by Crippen LogP contribution is -2.15. The van der Waals surface area contributed by atoms with Gasteiger partial charge in [-0.15, -0.1) is 0 Å². The van der Waals surface area contributed by atoms with Crippen LogP contribution in [-0.4, -0.2) is 30.1 Å². The SMILES string of the molecule is CCCOC(=O)COc1cccc(-c2cc(C(=O)Nc3ccncc3F)ccc2CN)c1. The summed E-state index contributed by atoms with van der Waals surface area (Å²) in [7, 11) is 0. The second-order valence-electron chi connectivity index (χ2n) is 6.92. The molecule has 0 spiro atoms. The minimum Gasteiger partial charge on any atom is -0.482 e. The van der Waals surface area contributed by atoms with E-state index in [-0.39, 0.29) is 18.8 Å². The van der Waals surface area contributed by atoms with Gasteiger partial charge in [0.1, 0.15) is 5.75 Å². The first-order valence-electron chi connectivity index (χ1n) is 10.1. The zero-order valence-electron chi connectivity index (χ0n) is 17.6. The lowest BCUT2D eigenvalue weighted by atomic mass is 9.96. The van der Waals surface area contributed by atoms with Gasteiger partial charge >= 0.3 is 5.97 Å². The predicted octanol–water partition coefficient (Wildman–Crippen LogP) is 3.93. The molecule has 1 amide bonds. The van der Waals surface area contributed by atoms with Crippen molar-refractivity contribution in [1.29, 1.82) is 0 Å². The maximum atomic E-state index is 13.8. The molecule has 0 aliphatic carbocycles. The third kappa shape index (κ3) is 5.89. The molecular formula is C24H24FN3O4. The van der Waals surface area contributed by atoms with Crippen molar-refractivity contribution < 1.29 is 23.5 Å². The van der Waals surface area contributed by atoms with E-state index in [9.17, 15) is 14.0 Å². The third-order valence-corrected chi connectivity index (χ3v) is 4.58. The average molecular weight is 437 g/mol. The van der Waals surface area contributed by atoms with Crippen LogP contribution >= 0.6 is 0 Å². The van der Waals surface area contributed by atoms with Crippen LogP contribution < -0.4 is 15.8 Å². The number of rotatable bonds is 9. The molecule has 0 fully saturated rings. The van der Waals surface area contributed by atoms with Crippen molar-refractivity contribution in [3.05, 3.63) is 77.9 Å². The summed E-state index contributed by atoms with van der Waals surface area (Å²) in [5.74, 6) is -1.05. The molecule has 0 saturated heterocycles. The molecule has 0 atom stereocenters. The van der Waals surface area contributed by atoms with Crippen LogP contribution in [0.5, 0.6) is 5.75 Å². The number of hydrogen-bond acceptors (Lipinski definition) is 6. The summed E-state index contributed by atoms with van der Waals surface area (Å²) in [5, 5.41) is 2.54. The minimum atomic E-state index is -0.623. The predicted molar refractivity (Wildman–Crippen MR) is 119 cm³/mol. The second kappa shape index (κ2) is 11.0. The Morgan fingerprint density at radius 1 is 1.16 bits per heavy atom. The fourth-order valence-corrected chi connectivity index (χ4v) is 2.99. The summed E-state index contributed by atoms with van der Waals surface area (Å²) in [6, 6.07) is 13.6. The van der Waals surface area contributed by atoms with Gasteiger partial charge in [-0.3, -0.25) is 9.78 Å². The molecule has 0 unspecified atom stereocenters. The van der Waals surface area contributed by atoms with Crippen molar-refractivity contribution in [3.63, 3.8) is 0 Å². The summed E-state index contributed by atoms with van der Waals surface area (Å²) in [6.45, 7) is 2.31. The van der Waals surface area contributed by atoms with Gasteiger partial charge in [-0.25, -0.2) is 9.18 Å². The largest absolute Gasteiger partial charge is 0.482 e. The second-order valence-corrected chi connectivity index (χ2v) is 6.92. The number of pyridine rings is 1. The summed E-state index contributed by atoms with van der Waals surface area (Å²) < 4.78 is 24.4. The number of aromatic nitrogens is 1. The fraction of sp³-hybridized carbons (Fsp3) is 0.208. The monoisotopic (exact) mass is 437 g/mol. The Morgan fingerprint density at radius 3 is 2.75 bits per heavy atom. The molecular weight excluding hydrogens is 413 g/mol. The minimum absolute atomic E-state index is 0.0415. The van der Waals surface area contributed by atoms with Crippen molar-refractivity contribution in [3.8, 4) is 16.9 Å². The number of nitrogens with zero attached hydrogens (tertiary/aromatic N) is 1. The van der Waals surface area contributed by atoms with Gasteiger partial charge in [0.15, 0.2) is 12.4 Å². The molecule has 0 saturated carbocycles. The topological polar surface area (TPSA) is 104 Å². The first-order valence-corrected chi connectivity index (χ1v) is 10.1. The van der Waals surface area contributed by atoms with Crippen molar-refractivity contribution in [2.75, 3.05) is 18.5 Å². The van der Waals surface area contributed by atoms with E-state index in [1.807, 2.05) is 13.0 Å². The van der Waals surface area contributed by atoms with Crippen LogP contribution in [-0.2, 0) is 16.1 Å². The number of amides is 1. The normalized spacial score (nSPS) is 10.5. The van der Waals surface area contributed by atoms with Gasteiger partial charge in [0.25, 0.3) is 5.91 Å². The number of carbonyl (C=O) groups excluding carboxylic acids is 2. The van der Waals surface area contributed by atoms with Gasteiger partial charge in [0.05, 0.1) is 18.5 Å². The first-order chi connectivity index (χ1) is 15.5. The van der Waals surface area contributed by atoms with E-state index >= 15 is 0 Å². The molecule has 32 heavy (non-hydrogen) atoms. The maximum absolute atomic E-state index is 13.8. The molecule has 8 heteroatoms. The smallest absolute Gasteiger partial charge is 0.344 e. The Kier molecular flexibility index (Phi) is 7.88. The molecule has 0 radical (unpaired) electrons. The van der Waals surface area contributed by atoms with E-state index < -0.39 is 17.7 Å². The number of carbonyl (C=O) groups is 2. The highest BCUT2D eigenvalue weighted by Gasteiger charge is 2.14. The Hall–Kier alpha value is -3.78. The van der Waals surface area contributed by atoms with Crippen molar-refractivity contribution in [1.82, 2.24) is 4.98 Å². The molecule has 0 bridgehead atoms. The van der Waals surface area contributed by atoms with E-state index in [4.69, 9.17) is 15.2 Å². The van der Waals surface area contributed by atoms with Gasteiger partial charge in [-0.1, -0.05) is 25.1 Å². The summed E-state index contributed by atoms with van der Waals surface area (Å²) in [6.07, 6.45) is 3.16. The van der Waals surface area contributed by atoms with Gasteiger partial charge in [0, 0.05) is 18.3 Å². The standard InChI is InChI=1S/C24H24FN3O4/c1-2-10-31-23(29)15-32-19-5-3-4-16(11-19)20-12-17(6-7-18(20)13-26)24(30)28-22-8-9-27-14-21(22)25/h3-9,11-12,14H,2,10,13,15,26H2,1H3,(H,27,28,30). The van der Waals surface area contributed by atoms with Crippen LogP contribution in [0.4, 0.5) is 10.1 Å². The van der Waals surface area contributed by atoms with Gasteiger partial charge < -0.3 is 20.5 Å². The first kappa shape index (κ1) is 22.9. The number of anilines is 1. The van der Waals surface area contributed by atoms with E-state index in [1.54, 1.807) is 36.4 Å². The fourth-order valence-electron chi connectivity index (χ4n) is 2.99. The van der Waals surface area contributed by atoms with Crippen molar-refractivity contribution >= 4 is 17.6 Å². The number of nitrogens with one attached hydrogen (secondary N) is 1. The van der Waals surface area contributed by atoms with Crippen LogP contribution in [0.2, 0.25) is 0 Å². The van der Waals surface area contributed by atoms with Crippen molar-refractivity contribution in [2.45, 2.75) is 19.9 Å². The summed E-state index contributed by atoms with van der Waals surface area (Å²) >= 11 is 0. The van der Waals surface area contributed by atoms with Gasteiger partial charge in [-0.2, -0.15) is 0 Å². The van der Waals surface area contributed by atoms with Crippen LogP contribution in [0.1, 0.15) is 29.3 Å². The van der Waals surface area contributed by atoms with E-state index in [0.29, 0.717) is 17.9 Å². The molecule has 3 N–H and O–H groups in total. The molecule has 1 heterocycles. The summed E-state index contributed by atoms with van der Waals surface area (Å²) in [4.78, 5) is 28.0. The van der Waals surface area contributed by atoms with Crippen molar-refractivity contribution in [2.24, 2.45) is 5.73 Å². The quantitative estimate of drug-likeness (QED) is 0.492. The van der Waals surface area contributed by atoms with Gasteiger partial charge in [0.2, 0.25) is 0 Å². The van der Waals surface area contributed by atoms with Crippen LogP contribution in [0.15, 0.2) is 60.9 Å². The highest BCUT2D eigenvalue weighted by Crippen LogP contribution is 2.28. The number of hydrogen-bond donors (Lipinski definition) is 2. The molecule has 3 aromatic rings. The van der Waals surface area contributed by atoms with Crippen LogP contribution in [0.25, 0.3) is 11.1 Å². The van der Waals surface area contributed by atoms with Gasteiger partial charge in [-0.05, 0) is 53.4 Å². The van der Waals surface area contributed by atoms with Crippen LogP contribution in [0, 0.1) is 5.82 Å². The zero-order valence-corrected chi connectivity index (χ0v) is 17.6. The molecule has 7 nitrogen and oxygen atoms in total. The lowest BCUT2D eigenvalue weighted by Gasteiger charge is -2.13. The zero-order chi connectivity index (χ0) is 22.9. The molecule has 1 aromatic heterocycles. The molecule has 3 rings (SSSR count). The van der Waals surface area contributed by atoms with Crippen LogP contribution in [0.3, 0.4) is 0 Å². The Labute approximate surface area is 185 Å². The molecule has 0 aliphatic rings. The maximum Gasteiger partial charge on any atom is 0.344 e.